The van der Waals surface area contributed by atoms with Gasteiger partial charge in [-0.05, 0) is 19.3 Å². The molecule has 0 aliphatic heterocycles. The summed E-state index contributed by atoms with van der Waals surface area (Å²) in [6.07, 6.45) is 7.91. The van der Waals surface area contributed by atoms with Crippen molar-refractivity contribution in [3.05, 3.63) is 16.9 Å². The lowest BCUT2D eigenvalue weighted by Crippen LogP contribution is -2.21. The number of aliphatic hydroxyl groups is 1. The van der Waals surface area contributed by atoms with Gasteiger partial charge in [0.1, 0.15) is 0 Å². The lowest BCUT2D eigenvalue weighted by atomic mass is 9.93. The molecule has 2 unspecified atom stereocenters. The SMILES string of the molecule is CCCn1ncc(Cl)c1C1CCCCCC1O. The Bertz CT molecular complexity index is 364. The Morgan fingerprint density at radius 1 is 1.41 bits per heavy atom. The summed E-state index contributed by atoms with van der Waals surface area (Å²) in [7, 11) is 0. The zero-order chi connectivity index (χ0) is 12.3. The standard InChI is InChI=1S/C13H21ClN2O/c1-2-8-16-13(11(14)9-15-16)10-6-4-3-5-7-12(10)17/h9-10,12,17H,2-8H2,1H3. The molecule has 0 aromatic carbocycles. The molecule has 0 spiro atoms. The third-order valence-electron chi connectivity index (χ3n) is 3.60. The van der Waals surface area contributed by atoms with E-state index in [0.717, 1.165) is 37.9 Å². The molecule has 1 aromatic rings. The minimum atomic E-state index is -0.262. The number of hydrogen-bond donors (Lipinski definition) is 1. The summed E-state index contributed by atoms with van der Waals surface area (Å²) in [6, 6.07) is 0. The van der Waals surface area contributed by atoms with Gasteiger partial charge in [-0.15, -0.1) is 0 Å². The number of halogens is 1. The van der Waals surface area contributed by atoms with Crippen LogP contribution in [0.15, 0.2) is 6.20 Å². The number of aryl methyl sites for hydroxylation is 1. The van der Waals surface area contributed by atoms with Crippen molar-refractivity contribution in [1.29, 1.82) is 0 Å². The van der Waals surface area contributed by atoms with Gasteiger partial charge in [-0.3, -0.25) is 4.68 Å². The number of rotatable bonds is 3. The van der Waals surface area contributed by atoms with E-state index in [4.69, 9.17) is 11.6 Å². The van der Waals surface area contributed by atoms with Gasteiger partial charge < -0.3 is 5.11 Å². The fraction of sp³-hybridized carbons (Fsp3) is 0.769. The summed E-state index contributed by atoms with van der Waals surface area (Å²) in [5.74, 6) is 0.166. The molecule has 1 heterocycles. The van der Waals surface area contributed by atoms with Gasteiger partial charge in [-0.1, -0.05) is 37.8 Å². The Morgan fingerprint density at radius 2 is 2.18 bits per heavy atom. The molecule has 0 bridgehead atoms. The van der Waals surface area contributed by atoms with Crippen LogP contribution in [0.4, 0.5) is 0 Å². The molecule has 1 aliphatic carbocycles. The first-order valence-electron chi connectivity index (χ1n) is 6.63. The van der Waals surface area contributed by atoms with Crippen LogP contribution in [-0.4, -0.2) is 21.0 Å². The third-order valence-corrected chi connectivity index (χ3v) is 3.89. The van der Waals surface area contributed by atoms with Crippen molar-refractivity contribution >= 4 is 11.6 Å². The Kier molecular flexibility index (Phi) is 4.46. The predicted molar refractivity (Wildman–Crippen MR) is 69.4 cm³/mol. The highest BCUT2D eigenvalue weighted by atomic mass is 35.5. The van der Waals surface area contributed by atoms with Crippen molar-refractivity contribution in [2.45, 2.75) is 64.0 Å². The van der Waals surface area contributed by atoms with E-state index < -0.39 is 0 Å². The quantitative estimate of drug-likeness (QED) is 0.843. The van der Waals surface area contributed by atoms with Gasteiger partial charge in [0.15, 0.2) is 0 Å². The van der Waals surface area contributed by atoms with E-state index in [0.29, 0.717) is 5.02 Å². The Hall–Kier alpha value is -0.540. The molecule has 0 amide bonds. The van der Waals surface area contributed by atoms with Gasteiger partial charge in [0.2, 0.25) is 0 Å². The molecule has 1 aliphatic rings. The number of aliphatic hydroxyl groups excluding tert-OH is 1. The van der Waals surface area contributed by atoms with E-state index in [1.165, 1.54) is 12.8 Å². The van der Waals surface area contributed by atoms with Crippen LogP contribution in [0.3, 0.4) is 0 Å². The normalized spacial score (nSPS) is 25.8. The highest BCUT2D eigenvalue weighted by molar-refractivity contribution is 6.31. The minimum Gasteiger partial charge on any atom is -0.392 e. The molecule has 1 saturated carbocycles. The van der Waals surface area contributed by atoms with Crippen LogP contribution in [0.25, 0.3) is 0 Å². The zero-order valence-corrected chi connectivity index (χ0v) is 11.2. The van der Waals surface area contributed by atoms with E-state index in [1.807, 2.05) is 4.68 Å². The number of hydrogen-bond acceptors (Lipinski definition) is 2. The molecule has 4 heteroatoms. The largest absolute Gasteiger partial charge is 0.392 e. The van der Waals surface area contributed by atoms with Gasteiger partial charge in [-0.25, -0.2) is 0 Å². The first-order valence-corrected chi connectivity index (χ1v) is 7.01. The molecule has 2 rings (SSSR count). The zero-order valence-electron chi connectivity index (χ0n) is 10.4. The van der Waals surface area contributed by atoms with Crippen molar-refractivity contribution in [3.8, 4) is 0 Å². The van der Waals surface area contributed by atoms with Gasteiger partial charge in [-0.2, -0.15) is 5.10 Å². The molecule has 96 valence electrons. The highest BCUT2D eigenvalue weighted by Crippen LogP contribution is 2.35. The van der Waals surface area contributed by atoms with Crippen LogP contribution in [0.5, 0.6) is 0 Å². The maximum atomic E-state index is 10.2. The summed E-state index contributed by atoms with van der Waals surface area (Å²) in [5.41, 5.74) is 1.04. The number of aromatic nitrogens is 2. The Balaban J connectivity index is 2.26. The lowest BCUT2D eigenvalue weighted by Gasteiger charge is -2.22. The van der Waals surface area contributed by atoms with Crippen molar-refractivity contribution in [3.63, 3.8) is 0 Å². The second-order valence-corrected chi connectivity index (χ2v) is 5.32. The second kappa shape index (κ2) is 5.87. The van der Waals surface area contributed by atoms with Gasteiger partial charge in [0.05, 0.1) is 23.0 Å². The third kappa shape index (κ3) is 2.83. The summed E-state index contributed by atoms with van der Waals surface area (Å²) in [4.78, 5) is 0. The van der Waals surface area contributed by atoms with E-state index in [-0.39, 0.29) is 12.0 Å². The second-order valence-electron chi connectivity index (χ2n) is 4.91. The Labute approximate surface area is 108 Å². The highest BCUT2D eigenvalue weighted by Gasteiger charge is 2.28. The van der Waals surface area contributed by atoms with Gasteiger partial charge in [0.25, 0.3) is 0 Å². The van der Waals surface area contributed by atoms with Crippen molar-refractivity contribution in [1.82, 2.24) is 9.78 Å². The fourth-order valence-corrected chi connectivity index (χ4v) is 3.02. The summed E-state index contributed by atoms with van der Waals surface area (Å²) in [5, 5.41) is 15.3. The van der Waals surface area contributed by atoms with E-state index in [9.17, 15) is 5.11 Å². The molecule has 3 nitrogen and oxygen atoms in total. The molecule has 17 heavy (non-hydrogen) atoms. The average Bonchev–Trinajstić information content (AvgIpc) is 2.53. The summed E-state index contributed by atoms with van der Waals surface area (Å²) >= 11 is 6.24. The summed E-state index contributed by atoms with van der Waals surface area (Å²) in [6.45, 7) is 3.01. The molecule has 1 aromatic heterocycles. The van der Waals surface area contributed by atoms with Crippen molar-refractivity contribution in [2.24, 2.45) is 0 Å². The predicted octanol–water partition coefficient (Wildman–Crippen LogP) is 3.36. The van der Waals surface area contributed by atoms with Crippen LogP contribution in [0.2, 0.25) is 5.02 Å². The van der Waals surface area contributed by atoms with Crippen LogP contribution in [0, 0.1) is 0 Å². The number of nitrogens with zero attached hydrogens (tertiary/aromatic N) is 2. The molecule has 0 saturated heterocycles. The van der Waals surface area contributed by atoms with Gasteiger partial charge in [0, 0.05) is 12.5 Å². The molecule has 1 N–H and O–H groups in total. The summed E-state index contributed by atoms with van der Waals surface area (Å²) < 4.78 is 1.97. The topological polar surface area (TPSA) is 38.0 Å². The first-order chi connectivity index (χ1) is 8.24. The fourth-order valence-electron chi connectivity index (χ4n) is 2.74. The van der Waals surface area contributed by atoms with Crippen molar-refractivity contribution < 1.29 is 5.11 Å². The van der Waals surface area contributed by atoms with Crippen LogP contribution >= 0.6 is 11.6 Å². The first kappa shape index (κ1) is 12.9. The van der Waals surface area contributed by atoms with Crippen LogP contribution < -0.4 is 0 Å². The maximum Gasteiger partial charge on any atom is 0.0821 e. The lowest BCUT2D eigenvalue weighted by molar-refractivity contribution is 0.131. The molecular formula is C13H21ClN2O. The van der Waals surface area contributed by atoms with E-state index >= 15 is 0 Å². The Morgan fingerprint density at radius 3 is 2.94 bits per heavy atom. The molecule has 1 fully saturated rings. The monoisotopic (exact) mass is 256 g/mol. The molecular weight excluding hydrogens is 236 g/mol. The van der Waals surface area contributed by atoms with E-state index in [1.54, 1.807) is 6.20 Å². The van der Waals surface area contributed by atoms with Gasteiger partial charge >= 0.3 is 0 Å². The maximum absolute atomic E-state index is 10.2. The smallest absolute Gasteiger partial charge is 0.0821 e. The minimum absolute atomic E-state index is 0.166. The molecule has 0 radical (unpaired) electrons. The van der Waals surface area contributed by atoms with E-state index in [2.05, 4.69) is 12.0 Å². The average molecular weight is 257 g/mol. The molecule has 2 atom stereocenters. The van der Waals surface area contributed by atoms with Crippen LogP contribution in [-0.2, 0) is 6.54 Å². The van der Waals surface area contributed by atoms with Crippen molar-refractivity contribution in [2.75, 3.05) is 0 Å². The van der Waals surface area contributed by atoms with Crippen LogP contribution in [0.1, 0.15) is 57.1 Å².